The Balaban J connectivity index is 2.13. The Labute approximate surface area is 126 Å². The van der Waals surface area contributed by atoms with Crippen LogP contribution in [-0.4, -0.2) is 19.3 Å². The first-order valence-electron chi connectivity index (χ1n) is 6.64. The fraction of sp³-hybridized carbons (Fsp3) is 0.333. The molecule has 1 heterocycles. The highest BCUT2D eigenvalue weighted by Gasteiger charge is 2.20. The van der Waals surface area contributed by atoms with Gasteiger partial charge in [-0.05, 0) is 0 Å². The lowest BCUT2D eigenvalue weighted by molar-refractivity contribution is 0.0223. The van der Waals surface area contributed by atoms with E-state index in [0.29, 0.717) is 26.1 Å². The fourth-order valence-corrected chi connectivity index (χ4v) is 1.96. The predicted molar refractivity (Wildman–Crippen MR) is 73.8 cm³/mol. The van der Waals surface area contributed by atoms with E-state index >= 15 is 0 Å². The lowest BCUT2D eigenvalue weighted by Crippen LogP contribution is -2.26. The zero-order valence-corrected chi connectivity index (χ0v) is 11.6. The van der Waals surface area contributed by atoms with Crippen molar-refractivity contribution < 1.29 is 18.3 Å². The molecule has 0 spiro atoms. The van der Waals surface area contributed by atoms with Crippen LogP contribution in [0.25, 0.3) is 0 Å². The van der Waals surface area contributed by atoms with Gasteiger partial charge in [0.2, 0.25) is 0 Å². The van der Waals surface area contributed by atoms with Gasteiger partial charge < -0.3 is 14.8 Å². The first-order valence-corrected chi connectivity index (χ1v) is 6.64. The van der Waals surface area contributed by atoms with Crippen LogP contribution in [0.1, 0.15) is 12.8 Å². The molecule has 0 radical (unpaired) electrons. The highest BCUT2D eigenvalue weighted by atomic mass is 19.1. The monoisotopic (exact) mass is 305 g/mol. The summed E-state index contributed by atoms with van der Waals surface area (Å²) in [5.41, 5.74) is -0.124. The summed E-state index contributed by atoms with van der Waals surface area (Å²) < 4.78 is 38.5. The molecule has 5 nitrogen and oxygen atoms in total. The topological polar surface area (TPSA) is 78.1 Å². The molecule has 1 aliphatic heterocycles. The summed E-state index contributed by atoms with van der Waals surface area (Å²) in [7, 11) is 0. The molecular formula is C15H13F2N3O2. The Kier molecular flexibility index (Phi) is 5.29. The molecule has 1 saturated heterocycles. The van der Waals surface area contributed by atoms with Gasteiger partial charge in [-0.15, -0.1) is 0 Å². The van der Waals surface area contributed by atoms with Crippen LogP contribution in [0.2, 0.25) is 0 Å². The minimum absolute atomic E-state index is 0.0809. The maximum Gasteiger partial charge on any atom is 0.191 e. The SMILES string of the molecule is N#CC(C#N)=CNc1cc(F)c(OC2CCOCC2)c(F)c1. The average molecular weight is 305 g/mol. The number of nitrogens with one attached hydrogen (secondary N) is 1. The molecule has 1 fully saturated rings. The summed E-state index contributed by atoms with van der Waals surface area (Å²) in [6, 6.07) is 5.35. The van der Waals surface area contributed by atoms with Crippen molar-refractivity contribution in [2.24, 2.45) is 0 Å². The van der Waals surface area contributed by atoms with Gasteiger partial charge in [0.25, 0.3) is 0 Å². The van der Waals surface area contributed by atoms with Crippen LogP contribution in [0.4, 0.5) is 14.5 Å². The largest absolute Gasteiger partial charge is 0.484 e. The molecule has 1 N–H and O–H groups in total. The highest BCUT2D eigenvalue weighted by molar-refractivity contribution is 5.52. The summed E-state index contributed by atoms with van der Waals surface area (Å²) in [6.45, 7) is 1.01. The van der Waals surface area contributed by atoms with Crippen molar-refractivity contribution in [3.05, 3.63) is 35.5 Å². The van der Waals surface area contributed by atoms with Crippen molar-refractivity contribution in [3.8, 4) is 17.9 Å². The first-order chi connectivity index (χ1) is 10.6. The van der Waals surface area contributed by atoms with E-state index in [9.17, 15) is 8.78 Å². The van der Waals surface area contributed by atoms with Crippen LogP contribution in [0.3, 0.4) is 0 Å². The number of nitriles is 2. The molecular weight excluding hydrogens is 292 g/mol. The first kappa shape index (κ1) is 15.7. The van der Waals surface area contributed by atoms with E-state index < -0.39 is 17.4 Å². The van der Waals surface area contributed by atoms with E-state index in [0.717, 1.165) is 18.3 Å². The number of hydrogen-bond donors (Lipinski definition) is 1. The second-order valence-corrected chi connectivity index (χ2v) is 4.62. The van der Waals surface area contributed by atoms with Crippen LogP contribution >= 0.6 is 0 Å². The molecule has 0 saturated carbocycles. The number of halogens is 2. The van der Waals surface area contributed by atoms with Crippen LogP contribution in [0, 0.1) is 34.3 Å². The molecule has 0 aromatic heterocycles. The van der Waals surface area contributed by atoms with Crippen molar-refractivity contribution in [1.29, 1.82) is 10.5 Å². The molecule has 2 rings (SSSR count). The molecule has 114 valence electrons. The van der Waals surface area contributed by atoms with Gasteiger partial charge >= 0.3 is 0 Å². The third-order valence-electron chi connectivity index (χ3n) is 3.08. The summed E-state index contributed by atoms with van der Waals surface area (Å²) >= 11 is 0. The van der Waals surface area contributed by atoms with E-state index in [4.69, 9.17) is 20.0 Å². The van der Waals surface area contributed by atoms with Gasteiger partial charge in [0, 0.05) is 36.9 Å². The molecule has 1 aromatic rings. The summed E-state index contributed by atoms with van der Waals surface area (Å²) in [5.74, 6) is -2.13. The van der Waals surface area contributed by atoms with Crippen molar-refractivity contribution in [2.45, 2.75) is 18.9 Å². The van der Waals surface area contributed by atoms with Crippen LogP contribution in [0.15, 0.2) is 23.9 Å². The van der Waals surface area contributed by atoms with E-state index in [1.54, 1.807) is 12.1 Å². The quantitative estimate of drug-likeness (QED) is 0.865. The molecule has 0 atom stereocenters. The number of allylic oxidation sites excluding steroid dienone is 1. The molecule has 1 aromatic carbocycles. The number of rotatable bonds is 4. The predicted octanol–water partition coefficient (Wildman–Crippen LogP) is 2.87. The molecule has 0 bridgehead atoms. The number of benzene rings is 1. The van der Waals surface area contributed by atoms with Gasteiger partial charge in [-0.25, -0.2) is 8.78 Å². The lowest BCUT2D eigenvalue weighted by Gasteiger charge is -2.23. The molecule has 0 aliphatic carbocycles. The summed E-state index contributed by atoms with van der Waals surface area (Å²) in [5, 5.41) is 19.7. The van der Waals surface area contributed by atoms with Gasteiger partial charge in [0.1, 0.15) is 23.8 Å². The number of hydrogen-bond acceptors (Lipinski definition) is 5. The molecule has 0 unspecified atom stereocenters. The maximum atomic E-state index is 14.0. The Morgan fingerprint density at radius 1 is 1.23 bits per heavy atom. The van der Waals surface area contributed by atoms with E-state index in [2.05, 4.69) is 5.32 Å². The minimum atomic E-state index is -0.849. The molecule has 7 heteroatoms. The molecule has 0 amide bonds. The van der Waals surface area contributed by atoms with Crippen molar-refractivity contribution >= 4 is 5.69 Å². The number of ether oxygens (including phenoxy) is 2. The van der Waals surface area contributed by atoms with Crippen molar-refractivity contribution in [1.82, 2.24) is 0 Å². The molecule has 22 heavy (non-hydrogen) atoms. The van der Waals surface area contributed by atoms with E-state index in [-0.39, 0.29) is 17.4 Å². The zero-order chi connectivity index (χ0) is 15.9. The smallest absolute Gasteiger partial charge is 0.191 e. The maximum absolute atomic E-state index is 14.0. The Hall–Kier alpha value is -2.64. The minimum Gasteiger partial charge on any atom is -0.484 e. The van der Waals surface area contributed by atoms with Gasteiger partial charge in [-0.3, -0.25) is 0 Å². The van der Waals surface area contributed by atoms with Gasteiger partial charge in [0.15, 0.2) is 17.4 Å². The Morgan fingerprint density at radius 3 is 2.36 bits per heavy atom. The van der Waals surface area contributed by atoms with Gasteiger partial charge in [-0.2, -0.15) is 10.5 Å². The fourth-order valence-electron chi connectivity index (χ4n) is 1.96. The summed E-state index contributed by atoms with van der Waals surface area (Å²) in [6.07, 6.45) is 1.96. The van der Waals surface area contributed by atoms with E-state index in [1.165, 1.54) is 0 Å². The van der Waals surface area contributed by atoms with Crippen LogP contribution in [0.5, 0.6) is 5.75 Å². The lowest BCUT2D eigenvalue weighted by atomic mass is 10.1. The Bertz CT molecular complexity index is 617. The van der Waals surface area contributed by atoms with Crippen molar-refractivity contribution in [3.63, 3.8) is 0 Å². The van der Waals surface area contributed by atoms with E-state index in [1.807, 2.05) is 0 Å². The average Bonchev–Trinajstić information content (AvgIpc) is 2.53. The summed E-state index contributed by atoms with van der Waals surface area (Å²) in [4.78, 5) is 0. The third-order valence-corrected chi connectivity index (χ3v) is 3.08. The van der Waals surface area contributed by atoms with Gasteiger partial charge in [-0.1, -0.05) is 0 Å². The Morgan fingerprint density at radius 2 is 1.82 bits per heavy atom. The second-order valence-electron chi connectivity index (χ2n) is 4.62. The number of nitrogens with zero attached hydrogens (tertiary/aromatic N) is 2. The van der Waals surface area contributed by atoms with Crippen LogP contribution < -0.4 is 10.1 Å². The highest BCUT2D eigenvalue weighted by Crippen LogP contribution is 2.28. The normalized spacial score (nSPS) is 14.5. The standard InChI is InChI=1S/C15H13F2N3O2/c16-13-5-11(20-9-10(7-18)8-19)6-14(17)15(13)22-12-1-3-21-4-2-12/h5-6,9,12,20H,1-4H2. The molecule has 1 aliphatic rings. The van der Waals surface area contributed by atoms with Crippen molar-refractivity contribution in [2.75, 3.05) is 18.5 Å². The zero-order valence-electron chi connectivity index (χ0n) is 11.6. The number of anilines is 1. The second kappa shape index (κ2) is 7.39. The van der Waals surface area contributed by atoms with Crippen LogP contribution in [-0.2, 0) is 4.74 Å². The third kappa shape index (κ3) is 3.94. The van der Waals surface area contributed by atoms with Gasteiger partial charge in [0.05, 0.1) is 13.2 Å².